The summed E-state index contributed by atoms with van der Waals surface area (Å²) in [5.74, 6) is -0.0442. The van der Waals surface area contributed by atoms with Gasteiger partial charge < -0.3 is 10.6 Å². The fraction of sp³-hybridized carbons (Fsp3) is 0.667. The van der Waals surface area contributed by atoms with Gasteiger partial charge in [0.25, 0.3) is 5.91 Å². The Morgan fingerprint density at radius 2 is 2.29 bits per heavy atom. The Kier molecular flexibility index (Phi) is 3.78. The first kappa shape index (κ1) is 12.1. The Morgan fingerprint density at radius 3 is 2.88 bits per heavy atom. The average molecular weight is 236 g/mol. The van der Waals surface area contributed by atoms with E-state index in [9.17, 15) is 4.79 Å². The van der Waals surface area contributed by atoms with Crippen LogP contribution in [-0.2, 0) is 13.5 Å². The minimum Gasteiger partial charge on any atom is -0.349 e. The van der Waals surface area contributed by atoms with Crippen LogP contribution in [0.5, 0.6) is 0 Å². The van der Waals surface area contributed by atoms with E-state index < -0.39 is 0 Å². The Hall–Kier alpha value is -1.36. The maximum Gasteiger partial charge on any atom is 0.269 e. The number of carbonyl (C=O) groups is 1. The van der Waals surface area contributed by atoms with Crippen molar-refractivity contribution >= 4 is 5.91 Å². The van der Waals surface area contributed by atoms with Crippen molar-refractivity contribution in [2.75, 3.05) is 13.1 Å². The zero-order valence-corrected chi connectivity index (χ0v) is 10.5. The van der Waals surface area contributed by atoms with Crippen LogP contribution < -0.4 is 10.6 Å². The zero-order valence-electron chi connectivity index (χ0n) is 10.5. The van der Waals surface area contributed by atoms with Gasteiger partial charge in [-0.3, -0.25) is 9.48 Å². The maximum absolute atomic E-state index is 11.9. The molecule has 0 saturated heterocycles. The molecular formula is C12H20N4O. The van der Waals surface area contributed by atoms with Crippen LogP contribution in [0.1, 0.15) is 35.9 Å². The molecular weight excluding hydrogens is 216 g/mol. The maximum atomic E-state index is 11.9. The number of nitrogens with one attached hydrogen (secondary N) is 2. The fourth-order valence-corrected chi connectivity index (χ4v) is 1.74. The van der Waals surface area contributed by atoms with Crippen molar-refractivity contribution in [3.05, 3.63) is 17.5 Å². The molecule has 0 radical (unpaired) electrons. The van der Waals surface area contributed by atoms with Gasteiger partial charge in [0.05, 0.1) is 5.69 Å². The summed E-state index contributed by atoms with van der Waals surface area (Å²) in [4.78, 5) is 11.9. The Bertz CT molecular complexity index is 395. The molecule has 0 bridgehead atoms. The first-order valence-corrected chi connectivity index (χ1v) is 6.25. The van der Waals surface area contributed by atoms with Gasteiger partial charge in [-0.1, -0.05) is 6.92 Å². The zero-order chi connectivity index (χ0) is 12.3. The molecule has 0 aliphatic heterocycles. The smallest absolute Gasteiger partial charge is 0.269 e. The van der Waals surface area contributed by atoms with Gasteiger partial charge in [-0.2, -0.15) is 5.10 Å². The minimum atomic E-state index is -0.0442. The molecule has 1 aliphatic carbocycles. The summed E-state index contributed by atoms with van der Waals surface area (Å²) in [6.45, 7) is 3.54. The lowest BCUT2D eigenvalue weighted by molar-refractivity contribution is 0.0944. The van der Waals surface area contributed by atoms with Crippen LogP contribution in [0.25, 0.3) is 0 Å². The van der Waals surface area contributed by atoms with Crippen LogP contribution >= 0.6 is 0 Å². The molecule has 94 valence electrons. The molecule has 0 aromatic carbocycles. The molecule has 0 atom stereocenters. The van der Waals surface area contributed by atoms with Gasteiger partial charge in [0.15, 0.2) is 0 Å². The van der Waals surface area contributed by atoms with Crippen molar-refractivity contribution in [2.45, 2.75) is 32.2 Å². The number of rotatable bonds is 6. The van der Waals surface area contributed by atoms with Gasteiger partial charge in [0, 0.05) is 26.2 Å². The van der Waals surface area contributed by atoms with E-state index in [1.807, 2.05) is 13.0 Å². The topological polar surface area (TPSA) is 59.0 Å². The normalized spacial score (nSPS) is 14.9. The van der Waals surface area contributed by atoms with E-state index in [0.29, 0.717) is 18.3 Å². The number of hydrogen-bond acceptors (Lipinski definition) is 3. The molecule has 1 amide bonds. The quantitative estimate of drug-likeness (QED) is 0.706. The number of aryl methyl sites for hydroxylation is 2. The summed E-state index contributed by atoms with van der Waals surface area (Å²) >= 11 is 0. The van der Waals surface area contributed by atoms with Gasteiger partial charge in [-0.15, -0.1) is 0 Å². The van der Waals surface area contributed by atoms with Crippen molar-refractivity contribution in [3.63, 3.8) is 0 Å². The molecule has 1 fully saturated rings. The van der Waals surface area contributed by atoms with Gasteiger partial charge in [0.2, 0.25) is 0 Å². The number of amides is 1. The van der Waals surface area contributed by atoms with E-state index in [0.717, 1.165) is 18.7 Å². The highest BCUT2D eigenvalue weighted by Crippen LogP contribution is 2.17. The van der Waals surface area contributed by atoms with Gasteiger partial charge in [0.1, 0.15) is 5.69 Å². The Morgan fingerprint density at radius 1 is 1.53 bits per heavy atom. The van der Waals surface area contributed by atoms with E-state index in [4.69, 9.17) is 0 Å². The second-order valence-corrected chi connectivity index (χ2v) is 4.48. The second kappa shape index (κ2) is 5.31. The molecule has 1 aromatic heterocycles. The van der Waals surface area contributed by atoms with Crippen molar-refractivity contribution in [1.82, 2.24) is 20.4 Å². The Balaban J connectivity index is 1.78. The van der Waals surface area contributed by atoms with Crippen molar-refractivity contribution in [2.24, 2.45) is 7.05 Å². The van der Waals surface area contributed by atoms with Gasteiger partial charge >= 0.3 is 0 Å². The van der Waals surface area contributed by atoms with Crippen LogP contribution in [0, 0.1) is 0 Å². The van der Waals surface area contributed by atoms with Gasteiger partial charge in [-0.05, 0) is 25.3 Å². The predicted octanol–water partition coefficient (Wildman–Crippen LogP) is 0.464. The molecule has 1 saturated carbocycles. The van der Waals surface area contributed by atoms with Crippen LogP contribution in [0.2, 0.25) is 0 Å². The molecule has 1 aromatic rings. The lowest BCUT2D eigenvalue weighted by Gasteiger charge is -2.05. The number of hydrogen-bond donors (Lipinski definition) is 2. The van der Waals surface area contributed by atoms with Crippen molar-refractivity contribution in [1.29, 1.82) is 0 Å². The SMILES string of the molecule is CCc1cc(C(=O)NCCNC2CC2)n(C)n1. The lowest BCUT2D eigenvalue weighted by Crippen LogP contribution is -2.33. The van der Waals surface area contributed by atoms with Crippen molar-refractivity contribution < 1.29 is 4.79 Å². The first-order chi connectivity index (χ1) is 8.20. The number of nitrogens with zero attached hydrogens (tertiary/aromatic N) is 2. The molecule has 17 heavy (non-hydrogen) atoms. The van der Waals surface area contributed by atoms with E-state index >= 15 is 0 Å². The van der Waals surface area contributed by atoms with Gasteiger partial charge in [-0.25, -0.2) is 0 Å². The molecule has 0 spiro atoms. The molecule has 5 nitrogen and oxygen atoms in total. The van der Waals surface area contributed by atoms with Crippen molar-refractivity contribution in [3.8, 4) is 0 Å². The standard InChI is InChI=1S/C12H20N4O/c1-3-9-8-11(16(2)15-9)12(17)14-7-6-13-10-4-5-10/h8,10,13H,3-7H2,1-2H3,(H,14,17). The molecule has 1 heterocycles. The van der Waals surface area contributed by atoms with E-state index in [1.54, 1.807) is 11.7 Å². The number of carbonyl (C=O) groups excluding carboxylic acids is 1. The third-order valence-electron chi connectivity index (χ3n) is 2.95. The van der Waals surface area contributed by atoms with Crippen LogP contribution in [-0.4, -0.2) is 34.8 Å². The summed E-state index contributed by atoms with van der Waals surface area (Å²) < 4.78 is 1.64. The Labute approximate surface area is 102 Å². The fourth-order valence-electron chi connectivity index (χ4n) is 1.74. The highest BCUT2D eigenvalue weighted by atomic mass is 16.2. The third kappa shape index (κ3) is 3.30. The number of aromatic nitrogens is 2. The molecule has 0 unspecified atom stereocenters. The summed E-state index contributed by atoms with van der Waals surface area (Å²) in [6.07, 6.45) is 3.40. The molecule has 2 N–H and O–H groups in total. The first-order valence-electron chi connectivity index (χ1n) is 6.25. The third-order valence-corrected chi connectivity index (χ3v) is 2.95. The minimum absolute atomic E-state index is 0.0442. The average Bonchev–Trinajstić information content (AvgIpc) is 3.06. The second-order valence-electron chi connectivity index (χ2n) is 4.48. The summed E-state index contributed by atoms with van der Waals surface area (Å²) in [5, 5.41) is 10.5. The lowest BCUT2D eigenvalue weighted by atomic mass is 10.3. The molecule has 1 aliphatic rings. The van der Waals surface area contributed by atoms with Crippen LogP contribution in [0.4, 0.5) is 0 Å². The summed E-state index contributed by atoms with van der Waals surface area (Å²) in [5.41, 5.74) is 1.59. The molecule has 2 rings (SSSR count). The van der Waals surface area contributed by atoms with Crippen LogP contribution in [0.3, 0.4) is 0 Å². The highest BCUT2D eigenvalue weighted by molar-refractivity contribution is 5.92. The van der Waals surface area contributed by atoms with Crippen LogP contribution in [0.15, 0.2) is 6.07 Å². The summed E-state index contributed by atoms with van der Waals surface area (Å²) in [6, 6.07) is 2.54. The van der Waals surface area contributed by atoms with E-state index in [1.165, 1.54) is 12.8 Å². The molecule has 5 heteroatoms. The highest BCUT2D eigenvalue weighted by Gasteiger charge is 2.19. The summed E-state index contributed by atoms with van der Waals surface area (Å²) in [7, 11) is 1.80. The predicted molar refractivity (Wildman–Crippen MR) is 65.9 cm³/mol. The largest absolute Gasteiger partial charge is 0.349 e. The monoisotopic (exact) mass is 236 g/mol. The van der Waals surface area contributed by atoms with E-state index in [2.05, 4.69) is 15.7 Å². The van der Waals surface area contributed by atoms with E-state index in [-0.39, 0.29) is 5.91 Å².